The fourth-order valence-electron chi connectivity index (χ4n) is 7.17. The molecule has 0 aliphatic heterocycles. The number of rotatable bonds is 21. The molecule has 0 bridgehead atoms. The number of pyridine rings is 4. The van der Waals surface area contributed by atoms with Gasteiger partial charge in [0.1, 0.15) is 5.69 Å². The van der Waals surface area contributed by atoms with E-state index >= 15 is 0 Å². The maximum atomic E-state index is 12.9. The van der Waals surface area contributed by atoms with E-state index in [2.05, 4.69) is 94.5 Å². The quantitative estimate of drug-likeness (QED) is 0.0306. The Bertz CT molecular complexity index is 2540. The molecule has 0 aliphatic rings. The van der Waals surface area contributed by atoms with Crippen molar-refractivity contribution in [3.63, 3.8) is 0 Å². The average Bonchev–Trinajstić information content (AvgIpc) is 4.12. The topological polar surface area (TPSA) is 101 Å². The van der Waals surface area contributed by atoms with Crippen LogP contribution in [0.1, 0.15) is 129 Å². The normalized spacial score (nSPS) is 11.0. The molecule has 7 nitrogen and oxygen atoms in total. The predicted octanol–water partition coefficient (Wildman–Crippen LogP) is 16.3. The van der Waals surface area contributed by atoms with Crippen LogP contribution in [0.25, 0.3) is 62.2 Å². The summed E-state index contributed by atoms with van der Waals surface area (Å²) in [6.07, 6.45) is 23.5. The molecule has 0 atom stereocenters. The molecule has 7 aromatic rings. The van der Waals surface area contributed by atoms with Gasteiger partial charge < -0.3 is 15.6 Å². The van der Waals surface area contributed by atoms with Gasteiger partial charge in [-0.15, -0.1) is 22.7 Å². The van der Waals surface area contributed by atoms with Crippen molar-refractivity contribution in [2.45, 2.75) is 123 Å². The van der Waals surface area contributed by atoms with Crippen LogP contribution < -0.4 is 5.10 Å². The third kappa shape index (κ3) is 18.3. The van der Waals surface area contributed by atoms with Gasteiger partial charge in [0.25, 0.3) is 0 Å². The second-order valence-corrected chi connectivity index (χ2v) is 18.4. The molecule has 0 amide bonds. The van der Waals surface area contributed by atoms with Crippen molar-refractivity contribution >= 4 is 52.2 Å². The molecule has 67 heavy (non-hydrogen) atoms. The zero-order valence-electron chi connectivity index (χ0n) is 38.4. The molecule has 7 rings (SSSR count). The van der Waals surface area contributed by atoms with Crippen LogP contribution in [-0.4, -0.2) is 30.2 Å². The molecule has 0 saturated heterocycles. The summed E-state index contributed by atoms with van der Waals surface area (Å²) in [6.45, 7) is 6.71. The molecule has 7 heterocycles. The Morgan fingerprint density at radius 2 is 1.28 bits per heavy atom. The van der Waals surface area contributed by atoms with E-state index in [0.29, 0.717) is 5.69 Å². The van der Waals surface area contributed by atoms with E-state index < -0.39 is 11.9 Å². The number of hydrogen-bond donors (Lipinski definition) is 0. The number of aryl methyl sites for hydroxylation is 3. The molecule has 352 valence electrons. The minimum absolute atomic E-state index is 0. The maximum absolute atomic E-state index is 12.9. The molecular formula is C53H58F3N7RuS3. The summed E-state index contributed by atoms with van der Waals surface area (Å²) >= 11 is 7.44. The second-order valence-electron chi connectivity index (χ2n) is 15.9. The van der Waals surface area contributed by atoms with E-state index in [0.717, 1.165) is 47.2 Å². The van der Waals surface area contributed by atoms with Gasteiger partial charge in [0.05, 0.1) is 22.8 Å². The summed E-state index contributed by atoms with van der Waals surface area (Å²) in [7, 11) is 0. The number of alkyl halides is 3. The molecule has 0 aliphatic carbocycles. The van der Waals surface area contributed by atoms with Gasteiger partial charge in [0.2, 0.25) is 0 Å². The van der Waals surface area contributed by atoms with E-state index in [1.165, 1.54) is 119 Å². The standard InChI is InChI=1S/C27H33F3N3S.C25H25N3S.CNS.Ru/c1-3-5-7-9-11-21-18-22(12-10-8-6-4-2)34-25(21)14-13-20-15-16-31-23(17-20)24-19-26(33-32-24)27(28,29)30;1-2-3-4-5-9-20-14-16-25(29-20)19-13-15-22(27-18-19)24-12-8-11-23(28-24)21-10-6-7-17-26-21;2-1-3;/h13-19H,3-12H2,1-2H3;6-8,10-18H,2-5,9H2,1H3;;/q-1;;-1;+2/b14-13+;;;. The Morgan fingerprint density at radius 1 is 0.642 bits per heavy atom. The third-order valence-electron chi connectivity index (χ3n) is 10.7. The van der Waals surface area contributed by atoms with Crippen LogP contribution in [0.2, 0.25) is 0 Å². The maximum Gasteiger partial charge on any atom is 2.00 e. The van der Waals surface area contributed by atoms with Crippen molar-refractivity contribution in [2.75, 3.05) is 0 Å². The minimum Gasteiger partial charge on any atom is -0.753 e. The minimum atomic E-state index is -4.51. The number of halogens is 3. The molecule has 7 aromatic heterocycles. The van der Waals surface area contributed by atoms with E-state index in [4.69, 9.17) is 10.4 Å². The van der Waals surface area contributed by atoms with Gasteiger partial charge in [-0.2, -0.15) is 18.3 Å². The zero-order valence-corrected chi connectivity index (χ0v) is 42.6. The average molecular weight is 1050 g/mol. The smallest absolute Gasteiger partial charge is 0.753 e. The van der Waals surface area contributed by atoms with E-state index in [-0.39, 0.29) is 25.2 Å². The van der Waals surface area contributed by atoms with Crippen LogP contribution in [0.3, 0.4) is 0 Å². The number of thiocarbonyl (C=S) groups is 1. The van der Waals surface area contributed by atoms with Crippen LogP contribution in [0.4, 0.5) is 13.2 Å². The van der Waals surface area contributed by atoms with Gasteiger partial charge in [-0.1, -0.05) is 115 Å². The monoisotopic (exact) mass is 1050 g/mol. The molecule has 0 aromatic carbocycles. The SMILES string of the molecule is CCCCCCc1cc(CCCCCC)c(/C=C/c2ccnc(-c3cc(C(F)(F)F)n[n-]3)c2)s1.CCCCCCc1ccc(-c2ccc(-c3cccc(-c4ccccn4)n3)nc2)s1.[N-]=C=S.[Ru+2]. The summed E-state index contributed by atoms with van der Waals surface area (Å²) in [5.41, 5.74) is 6.42. The van der Waals surface area contributed by atoms with Crippen LogP contribution in [0, 0.1) is 0 Å². The van der Waals surface area contributed by atoms with Gasteiger partial charge in [-0.25, -0.2) is 4.98 Å². The molecule has 0 N–H and O–H groups in total. The first kappa shape index (κ1) is 54.8. The Morgan fingerprint density at radius 3 is 1.90 bits per heavy atom. The van der Waals surface area contributed by atoms with Crippen LogP contribution in [-0.2, 0) is 44.9 Å². The van der Waals surface area contributed by atoms with E-state index in [1.807, 2.05) is 77.4 Å². The van der Waals surface area contributed by atoms with Crippen molar-refractivity contribution in [3.8, 4) is 44.6 Å². The molecular weight excluding hydrogens is 989 g/mol. The molecule has 0 unspecified atom stereocenters. The van der Waals surface area contributed by atoms with Crippen LogP contribution >= 0.6 is 34.9 Å². The predicted molar refractivity (Wildman–Crippen MR) is 273 cm³/mol. The summed E-state index contributed by atoms with van der Waals surface area (Å²) in [6, 6.07) is 27.4. The summed E-state index contributed by atoms with van der Waals surface area (Å²) in [4.78, 5) is 23.5. The Balaban J connectivity index is 0.000000275. The van der Waals surface area contributed by atoms with Crippen molar-refractivity contribution in [3.05, 3.63) is 140 Å². The Hall–Kier alpha value is -4.84. The van der Waals surface area contributed by atoms with Gasteiger partial charge >= 0.3 is 25.7 Å². The van der Waals surface area contributed by atoms with Crippen LogP contribution in [0.5, 0.6) is 0 Å². The van der Waals surface area contributed by atoms with E-state index in [1.54, 1.807) is 18.5 Å². The van der Waals surface area contributed by atoms with Gasteiger partial charge in [-0.05, 0) is 129 Å². The van der Waals surface area contributed by atoms with Crippen molar-refractivity contribution < 1.29 is 32.6 Å². The second kappa shape index (κ2) is 29.8. The number of nitrogens with zero attached hydrogens (tertiary/aromatic N) is 7. The number of unbranched alkanes of at least 4 members (excludes halogenated alkanes) is 9. The molecule has 14 heteroatoms. The number of aromatic nitrogens is 6. The van der Waals surface area contributed by atoms with Crippen molar-refractivity contribution in [1.29, 1.82) is 0 Å². The number of thiophene rings is 2. The van der Waals surface area contributed by atoms with Crippen LogP contribution in [0.15, 0.2) is 104 Å². The fraction of sp³-hybridized carbons (Fsp3) is 0.358. The van der Waals surface area contributed by atoms with E-state index in [9.17, 15) is 13.2 Å². The summed E-state index contributed by atoms with van der Waals surface area (Å²) in [5, 5.41) is 15.4. The summed E-state index contributed by atoms with van der Waals surface area (Å²) in [5.74, 6) is 0. The number of isothiocyanates is 1. The largest absolute Gasteiger partial charge is 2.00 e. The summed E-state index contributed by atoms with van der Waals surface area (Å²) < 4.78 is 38.6. The van der Waals surface area contributed by atoms with Gasteiger partial charge in [0.15, 0.2) is 0 Å². The van der Waals surface area contributed by atoms with Gasteiger partial charge in [0, 0.05) is 49.4 Å². The van der Waals surface area contributed by atoms with Crippen molar-refractivity contribution in [2.24, 2.45) is 0 Å². The molecule has 0 saturated carbocycles. The number of hydrogen-bond acceptors (Lipinski definition) is 8. The first-order valence-corrected chi connectivity index (χ1v) is 25.0. The Kier molecular flexibility index (Phi) is 24.4. The Labute approximate surface area is 420 Å². The van der Waals surface area contributed by atoms with Crippen molar-refractivity contribution in [1.82, 2.24) is 30.1 Å². The third-order valence-corrected chi connectivity index (χ3v) is 13.1. The molecule has 0 fully saturated rings. The molecule has 0 radical (unpaired) electrons. The fourth-order valence-corrected chi connectivity index (χ4v) is 9.37. The zero-order chi connectivity index (χ0) is 47.0. The first-order valence-electron chi connectivity index (χ1n) is 22.9. The molecule has 0 spiro atoms. The first-order chi connectivity index (χ1) is 32.1. The van der Waals surface area contributed by atoms with Gasteiger partial charge in [-0.3, -0.25) is 15.0 Å².